The summed E-state index contributed by atoms with van der Waals surface area (Å²) < 4.78 is 26.3. The van der Waals surface area contributed by atoms with Gasteiger partial charge in [-0.3, -0.25) is 0 Å². The number of aromatic carboxylic acids is 1. The third-order valence-electron chi connectivity index (χ3n) is 2.80. The highest BCUT2D eigenvalue weighted by molar-refractivity contribution is 7.89. The van der Waals surface area contributed by atoms with Crippen LogP contribution < -0.4 is 0 Å². The molecule has 0 aliphatic carbocycles. The van der Waals surface area contributed by atoms with Gasteiger partial charge in [-0.05, 0) is 24.6 Å². The third kappa shape index (κ3) is 3.15. The molecular formula is C14H17NO4S. The number of carbonyl (C=O) groups is 1. The zero-order valence-electron chi connectivity index (χ0n) is 11.2. The van der Waals surface area contributed by atoms with Crippen molar-refractivity contribution in [3.63, 3.8) is 0 Å². The monoisotopic (exact) mass is 295 g/mol. The fraction of sp³-hybridized carbons (Fsp3) is 0.214. The predicted octanol–water partition coefficient (Wildman–Crippen LogP) is 2.06. The van der Waals surface area contributed by atoms with Crippen molar-refractivity contribution in [2.24, 2.45) is 0 Å². The largest absolute Gasteiger partial charge is 0.478 e. The lowest BCUT2D eigenvalue weighted by Crippen LogP contribution is -2.32. The molecule has 0 aliphatic heterocycles. The Hall–Kier alpha value is -1.92. The molecule has 6 heteroatoms. The fourth-order valence-electron chi connectivity index (χ4n) is 1.82. The van der Waals surface area contributed by atoms with Gasteiger partial charge in [0.05, 0.1) is 10.5 Å². The highest BCUT2D eigenvalue weighted by Gasteiger charge is 2.26. The van der Waals surface area contributed by atoms with Crippen LogP contribution in [0, 0.1) is 6.92 Å². The van der Waals surface area contributed by atoms with Crippen molar-refractivity contribution in [1.29, 1.82) is 0 Å². The number of carboxylic acid groups (broad SMARTS) is 1. The molecule has 1 rings (SSSR count). The first-order chi connectivity index (χ1) is 9.36. The van der Waals surface area contributed by atoms with Crippen LogP contribution in [0.5, 0.6) is 0 Å². The van der Waals surface area contributed by atoms with E-state index in [0.717, 1.165) is 0 Å². The molecule has 1 aromatic rings. The maximum atomic E-state index is 12.5. The molecule has 0 aliphatic rings. The summed E-state index contributed by atoms with van der Waals surface area (Å²) in [5.74, 6) is -1.15. The second kappa shape index (κ2) is 6.49. The van der Waals surface area contributed by atoms with E-state index in [1.54, 1.807) is 0 Å². The lowest BCUT2D eigenvalue weighted by Gasteiger charge is -2.20. The van der Waals surface area contributed by atoms with E-state index in [0.29, 0.717) is 0 Å². The summed E-state index contributed by atoms with van der Waals surface area (Å²) in [6.45, 7) is 8.79. The van der Waals surface area contributed by atoms with Gasteiger partial charge in [-0.25, -0.2) is 13.2 Å². The maximum absolute atomic E-state index is 12.5. The Balaban J connectivity index is 3.41. The number of nitrogens with zero attached hydrogens (tertiary/aromatic N) is 1. The topological polar surface area (TPSA) is 74.7 Å². The first-order valence-corrected chi connectivity index (χ1v) is 7.35. The van der Waals surface area contributed by atoms with Crippen molar-refractivity contribution in [2.45, 2.75) is 11.8 Å². The zero-order chi connectivity index (χ0) is 15.3. The van der Waals surface area contributed by atoms with Crippen LogP contribution in [0.2, 0.25) is 0 Å². The van der Waals surface area contributed by atoms with E-state index in [2.05, 4.69) is 13.2 Å². The first-order valence-electron chi connectivity index (χ1n) is 5.91. The average Bonchev–Trinajstić information content (AvgIpc) is 2.38. The van der Waals surface area contributed by atoms with Gasteiger partial charge in [0.25, 0.3) is 0 Å². The van der Waals surface area contributed by atoms with E-state index in [9.17, 15) is 13.2 Å². The third-order valence-corrected chi connectivity index (χ3v) is 4.77. The van der Waals surface area contributed by atoms with Gasteiger partial charge < -0.3 is 5.11 Å². The van der Waals surface area contributed by atoms with Crippen molar-refractivity contribution in [1.82, 2.24) is 4.31 Å². The summed E-state index contributed by atoms with van der Waals surface area (Å²) in [6.07, 6.45) is 2.94. The molecule has 0 unspecified atom stereocenters. The van der Waals surface area contributed by atoms with Gasteiger partial charge in [0.2, 0.25) is 10.0 Å². The molecule has 0 radical (unpaired) electrons. The van der Waals surface area contributed by atoms with Crippen LogP contribution in [0.4, 0.5) is 0 Å². The van der Waals surface area contributed by atoms with Crippen LogP contribution >= 0.6 is 0 Å². The molecule has 0 atom stereocenters. The van der Waals surface area contributed by atoms with Gasteiger partial charge in [0, 0.05) is 13.1 Å². The number of sulfonamides is 1. The summed E-state index contributed by atoms with van der Waals surface area (Å²) in [5, 5.41) is 9.06. The quantitative estimate of drug-likeness (QED) is 0.781. The lowest BCUT2D eigenvalue weighted by molar-refractivity contribution is 0.0696. The summed E-state index contributed by atoms with van der Waals surface area (Å²) >= 11 is 0. The van der Waals surface area contributed by atoms with Crippen molar-refractivity contribution < 1.29 is 18.3 Å². The van der Waals surface area contributed by atoms with Gasteiger partial charge in [-0.1, -0.05) is 18.2 Å². The molecule has 0 saturated carbocycles. The van der Waals surface area contributed by atoms with Crippen LogP contribution in [0.1, 0.15) is 15.9 Å². The van der Waals surface area contributed by atoms with Crippen LogP contribution in [0.25, 0.3) is 0 Å². The Morgan fingerprint density at radius 2 is 1.85 bits per heavy atom. The molecule has 1 aromatic carbocycles. The van der Waals surface area contributed by atoms with E-state index < -0.39 is 16.0 Å². The van der Waals surface area contributed by atoms with Crippen molar-refractivity contribution in [2.75, 3.05) is 13.1 Å². The minimum absolute atomic E-state index is 0.0129. The van der Waals surface area contributed by atoms with Crippen molar-refractivity contribution >= 4 is 16.0 Å². The van der Waals surface area contributed by atoms with Gasteiger partial charge >= 0.3 is 5.97 Å². The van der Waals surface area contributed by atoms with E-state index >= 15 is 0 Å². The van der Waals surface area contributed by atoms with Gasteiger partial charge in [-0.2, -0.15) is 4.31 Å². The minimum Gasteiger partial charge on any atom is -0.478 e. The lowest BCUT2D eigenvalue weighted by atomic mass is 10.1. The molecule has 0 spiro atoms. The highest BCUT2D eigenvalue weighted by Crippen LogP contribution is 2.22. The fourth-order valence-corrected chi connectivity index (χ4v) is 3.45. The molecule has 1 N–H and O–H groups in total. The normalized spacial score (nSPS) is 11.3. The van der Waals surface area contributed by atoms with E-state index in [1.807, 2.05) is 0 Å². The van der Waals surface area contributed by atoms with Crippen LogP contribution in [0.3, 0.4) is 0 Å². The number of benzene rings is 1. The summed E-state index contributed by atoms with van der Waals surface area (Å²) in [6, 6.07) is 4.20. The standard InChI is InChI=1S/C14H17NO4S/c1-4-9-15(10-5-2)20(18,19)13-8-6-7-12(11(13)3)14(16)17/h4-8H,1-2,9-10H2,3H3,(H,16,17). The summed E-state index contributed by atoms with van der Waals surface area (Å²) in [5.41, 5.74) is 0.196. The molecule has 0 bridgehead atoms. The number of rotatable bonds is 7. The molecule has 0 amide bonds. The second-order valence-electron chi connectivity index (χ2n) is 4.13. The van der Waals surface area contributed by atoms with E-state index in [1.165, 1.54) is 41.6 Å². The van der Waals surface area contributed by atoms with Crippen LogP contribution in [-0.4, -0.2) is 36.9 Å². The van der Waals surface area contributed by atoms with E-state index in [-0.39, 0.29) is 29.1 Å². The number of carboxylic acids is 1. The molecule has 0 saturated heterocycles. The molecular weight excluding hydrogens is 278 g/mol. The molecule has 20 heavy (non-hydrogen) atoms. The Morgan fingerprint density at radius 1 is 1.30 bits per heavy atom. The predicted molar refractivity (Wildman–Crippen MR) is 77.3 cm³/mol. The van der Waals surface area contributed by atoms with Crippen LogP contribution in [-0.2, 0) is 10.0 Å². The Bertz CT molecular complexity index is 625. The molecule has 108 valence electrons. The first kappa shape index (κ1) is 16.1. The smallest absolute Gasteiger partial charge is 0.335 e. The Labute approximate surface area is 118 Å². The SMILES string of the molecule is C=CCN(CC=C)S(=O)(=O)c1cccc(C(=O)O)c1C. The van der Waals surface area contributed by atoms with Crippen molar-refractivity contribution in [3.05, 3.63) is 54.6 Å². The molecule has 0 aromatic heterocycles. The van der Waals surface area contributed by atoms with Gasteiger partial charge in [0.1, 0.15) is 0 Å². The summed E-state index contributed by atoms with van der Waals surface area (Å²) in [4.78, 5) is 11.1. The van der Waals surface area contributed by atoms with E-state index in [4.69, 9.17) is 5.11 Å². The Kier molecular flexibility index (Phi) is 5.24. The second-order valence-corrected chi connectivity index (χ2v) is 6.04. The summed E-state index contributed by atoms with van der Waals surface area (Å²) in [7, 11) is -3.78. The maximum Gasteiger partial charge on any atom is 0.335 e. The zero-order valence-corrected chi connectivity index (χ0v) is 12.1. The number of hydrogen-bond donors (Lipinski definition) is 1. The minimum atomic E-state index is -3.78. The van der Waals surface area contributed by atoms with Crippen LogP contribution in [0.15, 0.2) is 48.4 Å². The highest BCUT2D eigenvalue weighted by atomic mass is 32.2. The average molecular weight is 295 g/mol. The van der Waals surface area contributed by atoms with Gasteiger partial charge in [-0.15, -0.1) is 13.2 Å². The molecule has 5 nitrogen and oxygen atoms in total. The van der Waals surface area contributed by atoms with Gasteiger partial charge in [0.15, 0.2) is 0 Å². The molecule has 0 fully saturated rings. The van der Waals surface area contributed by atoms with Crippen molar-refractivity contribution in [3.8, 4) is 0 Å². The molecule has 0 heterocycles. The Morgan fingerprint density at radius 3 is 2.30 bits per heavy atom. The number of hydrogen-bond acceptors (Lipinski definition) is 3.